The topological polar surface area (TPSA) is 38.3 Å². The van der Waals surface area contributed by atoms with Crippen LogP contribution < -0.4 is 5.32 Å². The maximum absolute atomic E-state index is 12.4. The second kappa shape index (κ2) is 7.32. The fourth-order valence-corrected chi connectivity index (χ4v) is 3.94. The molecule has 0 spiro atoms. The molecule has 21 heavy (non-hydrogen) atoms. The molecule has 0 aromatic heterocycles. The molecule has 4 heteroatoms. The van der Waals surface area contributed by atoms with Gasteiger partial charge >= 0.3 is 5.97 Å². The highest BCUT2D eigenvalue weighted by molar-refractivity contribution is 7.99. The summed E-state index contributed by atoms with van der Waals surface area (Å²) in [6.07, 6.45) is 3.24. The third kappa shape index (κ3) is 3.80. The molecule has 116 valence electrons. The predicted molar refractivity (Wildman–Crippen MR) is 87.7 cm³/mol. The van der Waals surface area contributed by atoms with Crippen molar-refractivity contribution in [2.75, 3.05) is 19.4 Å². The molecule has 1 aromatic rings. The van der Waals surface area contributed by atoms with Gasteiger partial charge in [-0.05, 0) is 50.3 Å². The van der Waals surface area contributed by atoms with Crippen molar-refractivity contribution in [3.05, 3.63) is 29.8 Å². The lowest BCUT2D eigenvalue weighted by Crippen LogP contribution is -2.57. The van der Waals surface area contributed by atoms with Crippen LogP contribution in [0.5, 0.6) is 0 Å². The molecular weight excluding hydrogens is 282 g/mol. The highest BCUT2D eigenvalue weighted by Crippen LogP contribution is 2.43. The molecule has 0 amide bonds. The van der Waals surface area contributed by atoms with Crippen LogP contribution in [0.2, 0.25) is 0 Å². The smallest absolute Gasteiger partial charge is 0.327 e. The van der Waals surface area contributed by atoms with E-state index in [0.717, 1.165) is 31.6 Å². The first-order valence-corrected chi connectivity index (χ1v) is 8.64. The number of esters is 1. The van der Waals surface area contributed by atoms with E-state index in [-0.39, 0.29) is 5.97 Å². The highest BCUT2D eigenvalue weighted by Gasteiger charge is 2.51. The average molecular weight is 307 g/mol. The molecule has 0 saturated heterocycles. The van der Waals surface area contributed by atoms with E-state index < -0.39 is 5.54 Å². The van der Waals surface area contributed by atoms with Crippen LogP contribution in [0.15, 0.2) is 29.2 Å². The summed E-state index contributed by atoms with van der Waals surface area (Å²) in [6, 6.07) is 8.32. The molecule has 1 N–H and O–H groups in total. The van der Waals surface area contributed by atoms with Gasteiger partial charge in [0, 0.05) is 10.6 Å². The lowest BCUT2D eigenvalue weighted by molar-refractivity contribution is -0.148. The van der Waals surface area contributed by atoms with Gasteiger partial charge in [0.25, 0.3) is 0 Å². The molecule has 1 atom stereocenters. The van der Waals surface area contributed by atoms with Crippen LogP contribution in [0.4, 0.5) is 0 Å². The van der Waals surface area contributed by atoms with Crippen LogP contribution in [-0.4, -0.2) is 30.9 Å². The standard InChI is InChI=1S/C17H25NO2S/c1-4-11-18-17(14-9-10-14,16(19)20-3)12-21-15-8-6-5-7-13(15)2/h5-8,14,18H,4,9-12H2,1-3H3. The van der Waals surface area contributed by atoms with Gasteiger partial charge in [-0.1, -0.05) is 25.1 Å². The van der Waals surface area contributed by atoms with Crippen LogP contribution in [0.1, 0.15) is 31.7 Å². The number of thioether (sulfide) groups is 1. The third-order valence-electron chi connectivity index (χ3n) is 4.06. The molecule has 1 unspecified atom stereocenters. The van der Waals surface area contributed by atoms with Crippen molar-refractivity contribution in [1.82, 2.24) is 5.32 Å². The molecule has 1 aromatic carbocycles. The minimum absolute atomic E-state index is 0.112. The summed E-state index contributed by atoms with van der Waals surface area (Å²) < 4.78 is 5.12. The molecule has 1 aliphatic rings. The third-order valence-corrected chi connectivity index (χ3v) is 5.43. The molecule has 1 aliphatic carbocycles. The molecule has 0 heterocycles. The Balaban J connectivity index is 2.15. The number of rotatable bonds is 8. The molecule has 1 saturated carbocycles. The van der Waals surface area contributed by atoms with Crippen molar-refractivity contribution < 1.29 is 9.53 Å². The van der Waals surface area contributed by atoms with E-state index in [1.54, 1.807) is 11.8 Å². The first kappa shape index (κ1) is 16.4. The molecule has 0 radical (unpaired) electrons. The van der Waals surface area contributed by atoms with E-state index in [0.29, 0.717) is 5.92 Å². The van der Waals surface area contributed by atoms with Crippen LogP contribution in [-0.2, 0) is 9.53 Å². The summed E-state index contributed by atoms with van der Waals surface area (Å²) in [5.74, 6) is 1.03. The molecule has 0 bridgehead atoms. The molecule has 2 rings (SSSR count). The summed E-state index contributed by atoms with van der Waals surface area (Å²) >= 11 is 1.75. The van der Waals surface area contributed by atoms with Crippen LogP contribution in [0, 0.1) is 12.8 Å². The first-order chi connectivity index (χ1) is 10.1. The number of carbonyl (C=O) groups is 1. The molecule has 1 fully saturated rings. The Bertz CT molecular complexity index is 487. The number of aryl methyl sites for hydroxylation is 1. The van der Waals surface area contributed by atoms with Crippen molar-refractivity contribution in [1.29, 1.82) is 0 Å². The van der Waals surface area contributed by atoms with Crippen LogP contribution >= 0.6 is 11.8 Å². The minimum Gasteiger partial charge on any atom is -0.468 e. The normalized spacial score (nSPS) is 17.3. The van der Waals surface area contributed by atoms with Gasteiger partial charge in [0.1, 0.15) is 5.54 Å². The average Bonchev–Trinajstić information content (AvgIpc) is 3.34. The Kier molecular flexibility index (Phi) is 5.71. The van der Waals surface area contributed by atoms with Gasteiger partial charge in [-0.25, -0.2) is 0 Å². The zero-order valence-electron chi connectivity index (χ0n) is 13.1. The quantitative estimate of drug-likeness (QED) is 0.590. The van der Waals surface area contributed by atoms with Crippen molar-refractivity contribution >= 4 is 17.7 Å². The summed E-state index contributed by atoms with van der Waals surface area (Å²) in [7, 11) is 1.49. The van der Waals surface area contributed by atoms with E-state index >= 15 is 0 Å². The number of nitrogens with one attached hydrogen (secondary N) is 1. The Morgan fingerprint density at radius 3 is 2.71 bits per heavy atom. The van der Waals surface area contributed by atoms with E-state index in [4.69, 9.17) is 4.74 Å². The number of ether oxygens (including phenoxy) is 1. The van der Waals surface area contributed by atoms with Gasteiger partial charge in [-0.2, -0.15) is 0 Å². The second-order valence-corrected chi connectivity index (χ2v) is 6.74. The SMILES string of the molecule is CCCNC(CSc1ccccc1C)(C(=O)OC)C1CC1. The summed E-state index contributed by atoms with van der Waals surface area (Å²) in [4.78, 5) is 13.7. The predicted octanol–water partition coefficient (Wildman–Crippen LogP) is 3.41. The van der Waals surface area contributed by atoms with Gasteiger partial charge < -0.3 is 10.1 Å². The Morgan fingerprint density at radius 1 is 1.43 bits per heavy atom. The van der Waals surface area contributed by atoms with Crippen molar-refractivity contribution in [2.24, 2.45) is 5.92 Å². The second-order valence-electron chi connectivity index (χ2n) is 5.72. The summed E-state index contributed by atoms with van der Waals surface area (Å²) in [5.41, 5.74) is 0.727. The van der Waals surface area contributed by atoms with Crippen LogP contribution in [0.3, 0.4) is 0 Å². The maximum Gasteiger partial charge on any atom is 0.327 e. The van der Waals surface area contributed by atoms with Gasteiger partial charge in [0.05, 0.1) is 7.11 Å². The number of benzene rings is 1. The van der Waals surface area contributed by atoms with Crippen LogP contribution in [0.25, 0.3) is 0 Å². The number of methoxy groups -OCH3 is 1. The number of hydrogen-bond acceptors (Lipinski definition) is 4. The largest absolute Gasteiger partial charge is 0.468 e. The zero-order chi connectivity index (χ0) is 15.3. The molecule has 3 nitrogen and oxygen atoms in total. The Hall–Kier alpha value is -1.00. The van der Waals surface area contributed by atoms with Crippen molar-refractivity contribution in [3.8, 4) is 0 Å². The summed E-state index contributed by atoms with van der Waals surface area (Å²) in [6.45, 7) is 5.08. The van der Waals surface area contributed by atoms with Gasteiger partial charge in [-0.15, -0.1) is 11.8 Å². The Morgan fingerprint density at radius 2 is 2.14 bits per heavy atom. The molecular formula is C17H25NO2S. The molecule has 0 aliphatic heterocycles. The lowest BCUT2D eigenvalue weighted by Gasteiger charge is -2.32. The number of carbonyl (C=O) groups excluding carboxylic acids is 1. The van der Waals surface area contributed by atoms with E-state index in [9.17, 15) is 4.79 Å². The monoisotopic (exact) mass is 307 g/mol. The van der Waals surface area contributed by atoms with Gasteiger partial charge in [0.15, 0.2) is 0 Å². The fraction of sp³-hybridized carbons (Fsp3) is 0.588. The zero-order valence-corrected chi connectivity index (χ0v) is 14.0. The van der Waals surface area contributed by atoms with Gasteiger partial charge in [-0.3, -0.25) is 4.79 Å². The summed E-state index contributed by atoms with van der Waals surface area (Å²) in [5, 5.41) is 3.49. The van der Waals surface area contributed by atoms with Crippen molar-refractivity contribution in [2.45, 2.75) is 43.5 Å². The lowest BCUT2D eigenvalue weighted by atomic mass is 9.95. The highest BCUT2D eigenvalue weighted by atomic mass is 32.2. The first-order valence-electron chi connectivity index (χ1n) is 7.66. The van der Waals surface area contributed by atoms with E-state index in [1.807, 2.05) is 12.1 Å². The Labute approximate surface area is 131 Å². The maximum atomic E-state index is 12.4. The van der Waals surface area contributed by atoms with E-state index in [2.05, 4.69) is 31.3 Å². The van der Waals surface area contributed by atoms with Crippen molar-refractivity contribution in [3.63, 3.8) is 0 Å². The number of hydrogen-bond donors (Lipinski definition) is 1. The van der Waals surface area contributed by atoms with Gasteiger partial charge in [0.2, 0.25) is 0 Å². The fourth-order valence-electron chi connectivity index (χ4n) is 2.63. The van der Waals surface area contributed by atoms with E-state index in [1.165, 1.54) is 17.6 Å². The minimum atomic E-state index is -0.530.